The number of carboxylic acid groups (broad SMARTS) is 2. The molecular formula is C24H34N4O7. The highest BCUT2D eigenvalue weighted by Crippen LogP contribution is 2.36. The summed E-state index contributed by atoms with van der Waals surface area (Å²) in [5, 5.41) is 16.9. The maximum atomic E-state index is 13.2. The molecule has 4 N–H and O–H groups in total. The molecule has 1 aromatic carbocycles. The summed E-state index contributed by atoms with van der Waals surface area (Å²) in [7, 11) is 1.67. The summed E-state index contributed by atoms with van der Waals surface area (Å²) >= 11 is 0. The van der Waals surface area contributed by atoms with Gasteiger partial charge in [0.25, 0.3) is 12.9 Å². The van der Waals surface area contributed by atoms with E-state index in [1.54, 1.807) is 19.5 Å². The van der Waals surface area contributed by atoms with Gasteiger partial charge >= 0.3 is 0 Å². The van der Waals surface area contributed by atoms with E-state index in [1.165, 1.54) is 0 Å². The number of likely N-dealkylation sites (tertiary alicyclic amines) is 1. The van der Waals surface area contributed by atoms with Crippen LogP contribution in [0.25, 0.3) is 0 Å². The van der Waals surface area contributed by atoms with Crippen molar-refractivity contribution in [3.8, 4) is 5.75 Å². The van der Waals surface area contributed by atoms with E-state index >= 15 is 0 Å². The number of nitrogens with one attached hydrogen (secondary N) is 2. The highest BCUT2D eigenvalue weighted by atomic mass is 16.5. The first-order valence-corrected chi connectivity index (χ1v) is 11.4. The predicted octanol–water partition coefficient (Wildman–Crippen LogP) is 1.06. The first kappa shape index (κ1) is 27.8. The highest BCUT2D eigenvalue weighted by molar-refractivity contribution is 5.84. The Morgan fingerprint density at radius 1 is 1.34 bits per heavy atom. The molecule has 35 heavy (non-hydrogen) atoms. The Morgan fingerprint density at radius 3 is 2.69 bits per heavy atom. The second kappa shape index (κ2) is 14.7. The number of amides is 1. The van der Waals surface area contributed by atoms with Gasteiger partial charge in [-0.15, -0.1) is 0 Å². The second-order valence-corrected chi connectivity index (χ2v) is 8.46. The summed E-state index contributed by atoms with van der Waals surface area (Å²) in [5.41, 5.74) is 0.740. The van der Waals surface area contributed by atoms with E-state index in [4.69, 9.17) is 29.3 Å². The van der Waals surface area contributed by atoms with Crippen LogP contribution in [0.4, 0.5) is 0 Å². The molecule has 11 heteroatoms. The van der Waals surface area contributed by atoms with E-state index in [9.17, 15) is 4.79 Å². The number of nitrogens with zero attached hydrogens (tertiary/aromatic N) is 2. The van der Waals surface area contributed by atoms with E-state index < -0.39 is 5.41 Å². The summed E-state index contributed by atoms with van der Waals surface area (Å²) < 4.78 is 10.9. The van der Waals surface area contributed by atoms with Gasteiger partial charge in [-0.2, -0.15) is 0 Å². The van der Waals surface area contributed by atoms with E-state index in [0.717, 1.165) is 56.4 Å². The molecule has 2 aliphatic rings. The number of aromatic amines is 1. The fraction of sp³-hybridized carbons (Fsp3) is 0.500. The standard InChI is InChI=1S/C22H30N4O3.2CH2O2/c1-28-19-4-2-3-17(11-19)12-22(15-26(16-22)13-18-6-10-29-14-18)21(27)25-7-5-20-23-8-9-24-20;2*2-1-3/h2-4,8-9,11,18H,5-7,10,12-16H2,1H3,(H,23,24)(H,25,27);2*1H,(H,2,3). The van der Waals surface area contributed by atoms with Crippen LogP contribution in [0.2, 0.25) is 0 Å². The summed E-state index contributed by atoms with van der Waals surface area (Å²) in [6.07, 6.45) is 6.08. The number of benzene rings is 1. The third kappa shape index (κ3) is 8.69. The number of hydrogen-bond donors (Lipinski definition) is 4. The number of H-pyrrole nitrogens is 1. The number of aromatic nitrogens is 2. The molecule has 1 amide bonds. The Bertz CT molecular complexity index is 889. The van der Waals surface area contributed by atoms with Crippen molar-refractivity contribution in [2.45, 2.75) is 19.3 Å². The molecule has 2 saturated heterocycles. The minimum atomic E-state index is -0.394. The van der Waals surface area contributed by atoms with Crippen molar-refractivity contribution in [3.63, 3.8) is 0 Å². The first-order valence-electron chi connectivity index (χ1n) is 11.4. The molecule has 2 fully saturated rings. The van der Waals surface area contributed by atoms with Crippen LogP contribution >= 0.6 is 0 Å². The molecule has 0 aliphatic carbocycles. The molecule has 192 valence electrons. The number of methoxy groups -OCH3 is 1. The molecule has 0 radical (unpaired) electrons. The number of carbonyl (C=O) groups is 3. The van der Waals surface area contributed by atoms with Gasteiger partial charge < -0.3 is 34.9 Å². The minimum Gasteiger partial charge on any atom is -0.497 e. The van der Waals surface area contributed by atoms with Gasteiger partial charge in [-0.3, -0.25) is 14.4 Å². The van der Waals surface area contributed by atoms with E-state index in [1.807, 2.05) is 18.2 Å². The van der Waals surface area contributed by atoms with Gasteiger partial charge in [0, 0.05) is 51.6 Å². The topological polar surface area (TPSA) is 154 Å². The maximum absolute atomic E-state index is 13.2. The Morgan fingerprint density at radius 2 is 2.09 bits per heavy atom. The van der Waals surface area contributed by atoms with Gasteiger partial charge in [-0.05, 0) is 36.5 Å². The fourth-order valence-electron chi connectivity index (χ4n) is 4.46. The van der Waals surface area contributed by atoms with Gasteiger partial charge in [0.05, 0.1) is 19.1 Å². The van der Waals surface area contributed by atoms with Gasteiger partial charge in [-0.25, -0.2) is 4.98 Å². The highest BCUT2D eigenvalue weighted by Gasteiger charge is 2.49. The molecular weight excluding hydrogens is 456 g/mol. The molecule has 0 saturated carbocycles. The minimum absolute atomic E-state index is 0.130. The zero-order valence-electron chi connectivity index (χ0n) is 19.9. The van der Waals surface area contributed by atoms with Crippen molar-refractivity contribution >= 4 is 18.9 Å². The van der Waals surface area contributed by atoms with Crippen molar-refractivity contribution in [3.05, 3.63) is 48.0 Å². The lowest BCUT2D eigenvalue weighted by Gasteiger charge is -2.50. The average Bonchev–Trinajstić information content (AvgIpc) is 3.53. The summed E-state index contributed by atoms with van der Waals surface area (Å²) in [6, 6.07) is 8.04. The van der Waals surface area contributed by atoms with E-state index in [0.29, 0.717) is 25.3 Å². The second-order valence-electron chi connectivity index (χ2n) is 8.46. The predicted molar refractivity (Wildman–Crippen MR) is 127 cm³/mol. The van der Waals surface area contributed by atoms with Crippen LogP contribution in [0.3, 0.4) is 0 Å². The van der Waals surface area contributed by atoms with Crippen LogP contribution < -0.4 is 10.1 Å². The lowest BCUT2D eigenvalue weighted by molar-refractivity contribution is -0.142. The summed E-state index contributed by atoms with van der Waals surface area (Å²) in [6.45, 7) is 4.37. The molecule has 1 unspecified atom stereocenters. The average molecular weight is 491 g/mol. The quantitative estimate of drug-likeness (QED) is 0.378. The van der Waals surface area contributed by atoms with Crippen molar-refractivity contribution in [2.75, 3.05) is 46.5 Å². The number of imidazole rings is 1. The molecule has 2 aliphatic heterocycles. The monoisotopic (exact) mass is 490 g/mol. The van der Waals surface area contributed by atoms with Gasteiger partial charge in [0.1, 0.15) is 11.6 Å². The summed E-state index contributed by atoms with van der Waals surface area (Å²) in [5.74, 6) is 2.44. The van der Waals surface area contributed by atoms with Crippen LogP contribution in [0.1, 0.15) is 17.8 Å². The molecule has 2 aromatic rings. The zero-order valence-corrected chi connectivity index (χ0v) is 19.9. The number of rotatable bonds is 9. The van der Waals surface area contributed by atoms with Crippen LogP contribution in [-0.2, 0) is 32.0 Å². The Balaban J connectivity index is 0.000000655. The van der Waals surface area contributed by atoms with Crippen LogP contribution in [0, 0.1) is 11.3 Å². The maximum Gasteiger partial charge on any atom is 0.290 e. The zero-order chi connectivity index (χ0) is 25.5. The normalized spacial score (nSPS) is 18.0. The van der Waals surface area contributed by atoms with Gasteiger partial charge in [0.15, 0.2) is 0 Å². The molecule has 3 heterocycles. The van der Waals surface area contributed by atoms with Crippen LogP contribution in [0.15, 0.2) is 36.7 Å². The SMILES string of the molecule is COc1cccc(CC2(C(=O)NCCc3ncc[nH]3)CN(CC3CCOC3)C2)c1.O=CO.O=CO. The number of hydrogen-bond acceptors (Lipinski definition) is 7. The van der Waals surface area contributed by atoms with Crippen molar-refractivity contribution in [1.29, 1.82) is 0 Å². The molecule has 1 aromatic heterocycles. The molecule has 0 spiro atoms. The van der Waals surface area contributed by atoms with Crippen LogP contribution in [0.5, 0.6) is 5.75 Å². The first-order chi connectivity index (χ1) is 17.0. The lowest BCUT2D eigenvalue weighted by Crippen LogP contribution is -2.65. The molecule has 11 nitrogen and oxygen atoms in total. The summed E-state index contributed by atoms with van der Waals surface area (Å²) in [4.78, 5) is 39.6. The van der Waals surface area contributed by atoms with Gasteiger partial charge in [-0.1, -0.05) is 12.1 Å². The largest absolute Gasteiger partial charge is 0.497 e. The molecule has 4 rings (SSSR count). The third-order valence-electron chi connectivity index (χ3n) is 5.95. The lowest BCUT2D eigenvalue weighted by atomic mass is 9.73. The van der Waals surface area contributed by atoms with Crippen molar-refractivity contribution in [2.24, 2.45) is 11.3 Å². The van der Waals surface area contributed by atoms with E-state index in [-0.39, 0.29) is 18.9 Å². The molecule has 1 atom stereocenters. The Hall–Kier alpha value is -3.44. The van der Waals surface area contributed by atoms with Crippen LogP contribution in [-0.4, -0.2) is 90.4 Å². The molecule has 0 bridgehead atoms. The van der Waals surface area contributed by atoms with Crippen molar-refractivity contribution < 1.29 is 34.1 Å². The van der Waals surface area contributed by atoms with Crippen molar-refractivity contribution in [1.82, 2.24) is 20.2 Å². The Labute approximate surface area is 204 Å². The van der Waals surface area contributed by atoms with E-state index in [2.05, 4.69) is 26.3 Å². The third-order valence-corrected chi connectivity index (χ3v) is 5.95. The smallest absolute Gasteiger partial charge is 0.290 e. The Kier molecular flexibility index (Phi) is 11.7. The number of carbonyl (C=O) groups excluding carboxylic acids is 1. The number of ether oxygens (including phenoxy) is 2. The van der Waals surface area contributed by atoms with Gasteiger partial charge in [0.2, 0.25) is 5.91 Å². The fourth-order valence-corrected chi connectivity index (χ4v) is 4.46.